The maximum Gasteiger partial charge on any atom is 0.347 e. The third-order valence-corrected chi connectivity index (χ3v) is 4.43. The second-order valence-corrected chi connectivity index (χ2v) is 6.03. The number of thiazole rings is 1. The number of carboxylic acids is 1. The molecule has 1 aromatic heterocycles. The van der Waals surface area contributed by atoms with Crippen LogP contribution in [-0.2, 0) is 6.42 Å². The lowest BCUT2D eigenvalue weighted by Gasteiger charge is -2.04. The predicted molar refractivity (Wildman–Crippen MR) is 78.3 cm³/mol. The summed E-state index contributed by atoms with van der Waals surface area (Å²) in [7, 11) is 0. The van der Waals surface area contributed by atoms with E-state index in [1.165, 1.54) is 0 Å². The molecule has 2 rings (SSSR count). The maximum absolute atomic E-state index is 11.1. The molecule has 2 N–H and O–H groups in total. The highest BCUT2D eigenvalue weighted by molar-refractivity contribution is 9.10. The number of phenols is 1. The number of nitrogens with zero attached hydrogens (tertiary/aromatic N) is 1. The fourth-order valence-electron chi connectivity index (χ4n) is 1.60. The van der Waals surface area contributed by atoms with Crippen molar-refractivity contribution in [2.75, 3.05) is 0 Å². The quantitative estimate of drug-likeness (QED) is 0.859. The van der Waals surface area contributed by atoms with Gasteiger partial charge in [-0.1, -0.05) is 18.5 Å². The molecule has 1 heterocycles. The number of aromatic nitrogens is 1. The first-order valence-corrected chi connectivity index (χ1v) is 7.34. The Morgan fingerprint density at radius 1 is 1.53 bits per heavy atom. The number of carboxylic acid groups (broad SMARTS) is 1. The van der Waals surface area contributed by atoms with Gasteiger partial charge in [-0.15, -0.1) is 11.3 Å². The molecule has 2 aromatic rings. The van der Waals surface area contributed by atoms with Crippen molar-refractivity contribution in [3.63, 3.8) is 0 Å². The molecule has 0 spiro atoms. The van der Waals surface area contributed by atoms with Crippen molar-refractivity contribution in [1.82, 2.24) is 4.98 Å². The van der Waals surface area contributed by atoms with E-state index in [4.69, 9.17) is 16.7 Å². The molecule has 19 heavy (non-hydrogen) atoms. The van der Waals surface area contributed by atoms with Gasteiger partial charge in [-0.05, 0) is 34.5 Å². The standard InChI is InChI=1S/C12H9BrClNO3S/c1-2-8-10(12(17)18)19-11(15-8)6-3-5(14)4-7(13)9(6)16/h3-4,16H,2H2,1H3,(H,17,18). The summed E-state index contributed by atoms with van der Waals surface area (Å²) in [4.78, 5) is 15.6. The van der Waals surface area contributed by atoms with Gasteiger partial charge in [0, 0.05) is 5.02 Å². The largest absolute Gasteiger partial charge is 0.506 e. The predicted octanol–water partition coefficient (Wildman–Crippen LogP) is 4.19. The minimum atomic E-state index is -1.01. The third-order valence-electron chi connectivity index (χ3n) is 2.49. The van der Waals surface area contributed by atoms with E-state index in [0.29, 0.717) is 32.2 Å². The van der Waals surface area contributed by atoms with Gasteiger partial charge in [0.25, 0.3) is 0 Å². The fraction of sp³-hybridized carbons (Fsp3) is 0.167. The van der Waals surface area contributed by atoms with E-state index < -0.39 is 5.97 Å². The van der Waals surface area contributed by atoms with Gasteiger partial charge < -0.3 is 10.2 Å². The number of phenolic OH excluding ortho intramolecular Hbond substituents is 1. The Bertz CT molecular complexity index is 657. The number of aromatic carboxylic acids is 1. The summed E-state index contributed by atoms with van der Waals surface area (Å²) < 4.78 is 0.445. The average Bonchev–Trinajstić information content (AvgIpc) is 2.77. The number of hydrogen-bond acceptors (Lipinski definition) is 4. The number of hydrogen-bond donors (Lipinski definition) is 2. The normalized spacial score (nSPS) is 10.7. The SMILES string of the molecule is CCc1nc(-c2cc(Cl)cc(Br)c2O)sc1C(=O)O. The Morgan fingerprint density at radius 3 is 2.74 bits per heavy atom. The van der Waals surface area contributed by atoms with Crippen LogP contribution >= 0.6 is 38.9 Å². The van der Waals surface area contributed by atoms with Crippen LogP contribution in [0.15, 0.2) is 16.6 Å². The van der Waals surface area contributed by atoms with Crippen LogP contribution in [-0.4, -0.2) is 21.2 Å². The van der Waals surface area contributed by atoms with Crippen molar-refractivity contribution >= 4 is 44.8 Å². The molecule has 0 saturated heterocycles. The maximum atomic E-state index is 11.1. The third kappa shape index (κ3) is 2.75. The number of benzene rings is 1. The Hall–Kier alpha value is -1.11. The fourth-order valence-corrected chi connectivity index (χ4v) is 3.42. The zero-order valence-electron chi connectivity index (χ0n) is 9.78. The smallest absolute Gasteiger partial charge is 0.347 e. The van der Waals surface area contributed by atoms with E-state index >= 15 is 0 Å². The van der Waals surface area contributed by atoms with Crippen molar-refractivity contribution in [1.29, 1.82) is 0 Å². The minimum absolute atomic E-state index is 0.00209. The van der Waals surface area contributed by atoms with Crippen molar-refractivity contribution in [3.8, 4) is 16.3 Å². The van der Waals surface area contributed by atoms with Crippen LogP contribution in [0.4, 0.5) is 0 Å². The molecule has 0 atom stereocenters. The highest BCUT2D eigenvalue weighted by Crippen LogP contribution is 2.40. The molecule has 0 unspecified atom stereocenters. The van der Waals surface area contributed by atoms with E-state index in [9.17, 15) is 9.90 Å². The summed E-state index contributed by atoms with van der Waals surface area (Å²) in [6.45, 7) is 1.83. The van der Waals surface area contributed by atoms with Gasteiger partial charge in [0.15, 0.2) is 0 Å². The molecule has 0 bridgehead atoms. The number of rotatable bonds is 3. The van der Waals surface area contributed by atoms with Crippen LogP contribution < -0.4 is 0 Å². The number of aromatic hydroxyl groups is 1. The molecule has 0 saturated carbocycles. The number of aryl methyl sites for hydroxylation is 1. The van der Waals surface area contributed by atoms with E-state index in [1.54, 1.807) is 12.1 Å². The van der Waals surface area contributed by atoms with Crippen LogP contribution in [0.2, 0.25) is 5.02 Å². The van der Waals surface area contributed by atoms with Gasteiger partial charge in [0.1, 0.15) is 15.6 Å². The molecule has 7 heteroatoms. The minimum Gasteiger partial charge on any atom is -0.506 e. The van der Waals surface area contributed by atoms with Gasteiger partial charge in [-0.3, -0.25) is 0 Å². The molecule has 0 aliphatic carbocycles. The van der Waals surface area contributed by atoms with Crippen molar-refractivity contribution in [2.45, 2.75) is 13.3 Å². The van der Waals surface area contributed by atoms with Crippen LogP contribution in [0, 0.1) is 0 Å². The van der Waals surface area contributed by atoms with Gasteiger partial charge in [-0.2, -0.15) is 0 Å². The molecule has 0 radical (unpaired) electrons. The van der Waals surface area contributed by atoms with Gasteiger partial charge in [0.2, 0.25) is 0 Å². The Kier molecular flexibility index (Phi) is 4.13. The zero-order chi connectivity index (χ0) is 14.2. The second-order valence-electron chi connectivity index (χ2n) is 3.74. The van der Waals surface area contributed by atoms with E-state index in [1.807, 2.05) is 6.92 Å². The van der Waals surface area contributed by atoms with Crippen LogP contribution in [0.25, 0.3) is 10.6 Å². The first-order chi connectivity index (χ1) is 8.93. The molecular weight excluding hydrogens is 354 g/mol. The van der Waals surface area contributed by atoms with Crippen molar-refractivity contribution in [3.05, 3.63) is 32.2 Å². The summed E-state index contributed by atoms with van der Waals surface area (Å²) in [5.74, 6) is -1.01. The van der Waals surface area contributed by atoms with E-state index in [-0.39, 0.29) is 10.6 Å². The zero-order valence-corrected chi connectivity index (χ0v) is 12.9. The summed E-state index contributed by atoms with van der Waals surface area (Å²) in [5, 5.41) is 20.0. The lowest BCUT2D eigenvalue weighted by Crippen LogP contribution is -1.97. The Morgan fingerprint density at radius 2 is 2.21 bits per heavy atom. The monoisotopic (exact) mass is 361 g/mol. The lowest BCUT2D eigenvalue weighted by molar-refractivity contribution is 0.0701. The summed E-state index contributed by atoms with van der Waals surface area (Å²) in [5.41, 5.74) is 0.926. The average molecular weight is 363 g/mol. The molecule has 4 nitrogen and oxygen atoms in total. The number of carbonyl (C=O) groups is 1. The summed E-state index contributed by atoms with van der Waals surface area (Å²) in [6, 6.07) is 3.12. The molecular formula is C12H9BrClNO3S. The lowest BCUT2D eigenvalue weighted by atomic mass is 10.2. The van der Waals surface area contributed by atoms with Crippen molar-refractivity contribution < 1.29 is 15.0 Å². The molecule has 0 amide bonds. The first kappa shape index (κ1) is 14.3. The highest BCUT2D eigenvalue weighted by atomic mass is 79.9. The molecule has 0 aliphatic rings. The summed E-state index contributed by atoms with van der Waals surface area (Å²) >= 11 is 10.2. The molecule has 0 fully saturated rings. The van der Waals surface area contributed by atoms with Crippen LogP contribution in [0.5, 0.6) is 5.75 Å². The van der Waals surface area contributed by atoms with Gasteiger partial charge >= 0.3 is 5.97 Å². The number of halogens is 2. The molecule has 100 valence electrons. The van der Waals surface area contributed by atoms with Crippen molar-refractivity contribution in [2.24, 2.45) is 0 Å². The highest BCUT2D eigenvalue weighted by Gasteiger charge is 2.19. The summed E-state index contributed by atoms with van der Waals surface area (Å²) in [6.07, 6.45) is 0.515. The first-order valence-electron chi connectivity index (χ1n) is 5.35. The topological polar surface area (TPSA) is 70.4 Å². The second kappa shape index (κ2) is 5.48. The molecule has 0 aliphatic heterocycles. The molecule has 1 aromatic carbocycles. The Balaban J connectivity index is 2.63. The van der Waals surface area contributed by atoms with Gasteiger partial charge in [-0.25, -0.2) is 9.78 Å². The van der Waals surface area contributed by atoms with Crippen LogP contribution in [0.3, 0.4) is 0 Å². The van der Waals surface area contributed by atoms with E-state index in [2.05, 4.69) is 20.9 Å². The van der Waals surface area contributed by atoms with Gasteiger partial charge in [0.05, 0.1) is 15.7 Å². The van der Waals surface area contributed by atoms with E-state index in [0.717, 1.165) is 11.3 Å². The van der Waals surface area contributed by atoms with Crippen LogP contribution in [0.1, 0.15) is 22.3 Å². The Labute approximate surface area is 126 Å².